The molecule has 3 rings (SSSR count). The van der Waals surface area contributed by atoms with Crippen molar-refractivity contribution in [3.05, 3.63) is 48.0 Å². The molecule has 0 spiro atoms. The van der Waals surface area contributed by atoms with Gasteiger partial charge in [0.1, 0.15) is 11.2 Å². The maximum Gasteiger partial charge on any atom is 0.135 e. The fourth-order valence-corrected chi connectivity index (χ4v) is 2.08. The summed E-state index contributed by atoms with van der Waals surface area (Å²) in [4.78, 5) is 0. The molecule has 1 aromatic heterocycles. The largest absolute Gasteiger partial charge is 0.456 e. The van der Waals surface area contributed by atoms with E-state index in [0.29, 0.717) is 5.58 Å². The van der Waals surface area contributed by atoms with Crippen LogP contribution in [0, 0.1) is 0 Å². The van der Waals surface area contributed by atoms with Gasteiger partial charge in [0.2, 0.25) is 0 Å². The van der Waals surface area contributed by atoms with Gasteiger partial charge in [-0.05, 0) is 23.1 Å². The van der Waals surface area contributed by atoms with Crippen molar-refractivity contribution in [2.24, 2.45) is 0 Å². The van der Waals surface area contributed by atoms with Gasteiger partial charge in [-0.15, -0.1) is 0 Å². The van der Waals surface area contributed by atoms with Gasteiger partial charge in [-0.2, -0.15) is 0 Å². The first-order valence-corrected chi connectivity index (χ1v) is 5.80. The van der Waals surface area contributed by atoms with Crippen LogP contribution in [0.3, 0.4) is 0 Å². The quantitative estimate of drug-likeness (QED) is 0.532. The van der Waals surface area contributed by atoms with Gasteiger partial charge < -0.3 is 4.42 Å². The van der Waals surface area contributed by atoms with Crippen LogP contribution >= 0.6 is 0 Å². The lowest BCUT2D eigenvalue weighted by molar-refractivity contribution is 0.587. The summed E-state index contributed by atoms with van der Waals surface area (Å²) in [6.07, 6.45) is 0. The maximum absolute atomic E-state index is 7.73. The molecule has 17 heavy (non-hydrogen) atoms. The van der Waals surface area contributed by atoms with Gasteiger partial charge in [-0.3, -0.25) is 0 Å². The molecule has 86 valence electrons. The summed E-state index contributed by atoms with van der Waals surface area (Å²) in [7, 11) is 0. The topological polar surface area (TPSA) is 13.1 Å². The monoisotopic (exact) mass is 226 g/mol. The van der Waals surface area contributed by atoms with Gasteiger partial charge in [0, 0.05) is 10.8 Å². The molecular weight excluding hydrogens is 208 g/mol. The lowest BCUT2D eigenvalue weighted by Gasteiger charge is -2.18. The van der Waals surface area contributed by atoms with E-state index in [1.165, 1.54) is 5.56 Å². The molecule has 0 bridgehead atoms. The minimum atomic E-state index is 0.0777. The molecule has 0 atom stereocenters. The normalized spacial score (nSPS) is 14.1. The Kier molecular flexibility index (Phi) is 1.65. The highest BCUT2D eigenvalue weighted by atomic mass is 16.3. The Labute approximate surface area is 104 Å². The fourth-order valence-electron chi connectivity index (χ4n) is 2.08. The second-order valence-corrected chi connectivity index (χ2v) is 5.42. The van der Waals surface area contributed by atoms with E-state index in [-0.39, 0.29) is 17.5 Å². The molecule has 0 aliphatic heterocycles. The lowest BCUT2D eigenvalue weighted by Crippen LogP contribution is -2.10. The molecule has 3 aromatic rings. The van der Waals surface area contributed by atoms with E-state index in [1.54, 1.807) is 12.1 Å². The molecule has 1 nitrogen and oxygen atoms in total. The first-order valence-electron chi connectivity index (χ1n) is 6.80. The van der Waals surface area contributed by atoms with Crippen molar-refractivity contribution in [3.63, 3.8) is 0 Å². The van der Waals surface area contributed by atoms with Crippen LogP contribution < -0.4 is 0 Å². The Morgan fingerprint density at radius 3 is 2.41 bits per heavy atom. The molecule has 0 saturated heterocycles. The SMILES string of the molecule is [2H]c1cc2oc3cc(C(C)(C)C)ccc3c2cc1[2H]. The molecule has 0 N–H and O–H groups in total. The molecule has 0 fully saturated rings. The zero-order valence-electron chi connectivity index (χ0n) is 12.3. The van der Waals surface area contributed by atoms with Crippen molar-refractivity contribution in [2.75, 3.05) is 0 Å². The fraction of sp³-hybridized carbons (Fsp3) is 0.250. The van der Waals surface area contributed by atoms with E-state index in [1.807, 2.05) is 6.07 Å². The minimum Gasteiger partial charge on any atom is -0.456 e. The van der Waals surface area contributed by atoms with E-state index in [2.05, 4.69) is 32.9 Å². The Hall–Kier alpha value is -1.76. The third-order valence-electron chi connectivity index (χ3n) is 3.13. The number of benzene rings is 2. The maximum atomic E-state index is 7.73. The molecule has 0 aliphatic rings. The van der Waals surface area contributed by atoms with Crippen LogP contribution in [-0.4, -0.2) is 0 Å². The summed E-state index contributed by atoms with van der Waals surface area (Å²) in [5, 5.41) is 1.92. The number of hydrogen-bond acceptors (Lipinski definition) is 1. The molecule has 0 amide bonds. The van der Waals surface area contributed by atoms with Crippen LogP contribution in [0.15, 0.2) is 46.8 Å². The van der Waals surface area contributed by atoms with Crippen molar-refractivity contribution < 1.29 is 7.16 Å². The molecular formula is C16H16O. The second-order valence-electron chi connectivity index (χ2n) is 5.42. The molecule has 0 unspecified atom stereocenters. The summed E-state index contributed by atoms with van der Waals surface area (Å²) >= 11 is 0. The van der Waals surface area contributed by atoms with Gasteiger partial charge >= 0.3 is 0 Å². The molecule has 0 radical (unpaired) electrons. The van der Waals surface area contributed by atoms with Crippen molar-refractivity contribution >= 4 is 21.9 Å². The van der Waals surface area contributed by atoms with E-state index >= 15 is 0 Å². The molecule has 1 heteroatoms. The third-order valence-corrected chi connectivity index (χ3v) is 3.13. The van der Waals surface area contributed by atoms with Crippen molar-refractivity contribution in [1.82, 2.24) is 0 Å². The third kappa shape index (κ3) is 1.62. The van der Waals surface area contributed by atoms with Gasteiger partial charge in [-0.1, -0.05) is 51.1 Å². The van der Waals surface area contributed by atoms with Crippen LogP contribution in [0.4, 0.5) is 0 Å². The zero-order valence-corrected chi connectivity index (χ0v) is 10.3. The van der Waals surface area contributed by atoms with E-state index in [4.69, 9.17) is 7.16 Å². The predicted molar refractivity (Wildman–Crippen MR) is 72.4 cm³/mol. The van der Waals surface area contributed by atoms with Crippen LogP contribution in [0.5, 0.6) is 0 Å². The Bertz CT molecular complexity index is 779. The number of para-hydroxylation sites is 1. The van der Waals surface area contributed by atoms with Gasteiger partial charge in [-0.25, -0.2) is 0 Å². The van der Waals surface area contributed by atoms with Gasteiger partial charge in [0.25, 0.3) is 0 Å². The van der Waals surface area contributed by atoms with Crippen LogP contribution in [0.1, 0.15) is 29.1 Å². The average molecular weight is 226 g/mol. The number of furan rings is 1. The zero-order chi connectivity index (χ0) is 13.8. The smallest absolute Gasteiger partial charge is 0.135 e. The van der Waals surface area contributed by atoms with Crippen LogP contribution in [-0.2, 0) is 5.41 Å². The van der Waals surface area contributed by atoms with Crippen LogP contribution in [0.2, 0.25) is 0 Å². The minimum absolute atomic E-state index is 0.0777. The Balaban J connectivity index is 2.34. The molecule has 0 aliphatic carbocycles. The number of rotatable bonds is 0. The summed E-state index contributed by atoms with van der Waals surface area (Å²) < 4.78 is 21.2. The molecule has 0 saturated carbocycles. The van der Waals surface area contributed by atoms with Crippen molar-refractivity contribution in [2.45, 2.75) is 26.2 Å². The molecule has 1 heterocycles. The molecule has 2 aromatic carbocycles. The van der Waals surface area contributed by atoms with Gasteiger partial charge in [0.15, 0.2) is 0 Å². The first kappa shape index (κ1) is 8.35. The van der Waals surface area contributed by atoms with Gasteiger partial charge in [0.05, 0.1) is 2.74 Å². The second kappa shape index (κ2) is 3.36. The van der Waals surface area contributed by atoms with E-state index in [9.17, 15) is 0 Å². The highest BCUT2D eigenvalue weighted by Crippen LogP contribution is 2.32. The summed E-state index contributed by atoms with van der Waals surface area (Å²) in [6, 6.07) is 9.97. The van der Waals surface area contributed by atoms with E-state index in [0.717, 1.165) is 16.4 Å². The van der Waals surface area contributed by atoms with Crippen molar-refractivity contribution in [1.29, 1.82) is 0 Å². The first-order chi connectivity index (χ1) is 8.86. The van der Waals surface area contributed by atoms with Crippen LogP contribution in [0.25, 0.3) is 21.9 Å². The summed E-state index contributed by atoms with van der Waals surface area (Å²) in [5.41, 5.74) is 2.81. The predicted octanol–water partition coefficient (Wildman–Crippen LogP) is 4.88. The standard InChI is InChI=1S/C16H16O/c1-16(2,3)11-8-9-13-12-6-4-5-7-14(12)17-15(13)10-11/h4-10H,1-3H3/i4D,5D. The average Bonchev–Trinajstić information content (AvgIpc) is 2.65. The Morgan fingerprint density at radius 1 is 0.941 bits per heavy atom. The summed E-state index contributed by atoms with van der Waals surface area (Å²) in [6.45, 7) is 6.50. The van der Waals surface area contributed by atoms with E-state index < -0.39 is 0 Å². The highest BCUT2D eigenvalue weighted by Gasteiger charge is 2.15. The summed E-state index contributed by atoms with van der Waals surface area (Å²) in [5.74, 6) is 0. The lowest BCUT2D eigenvalue weighted by atomic mass is 9.87. The number of fused-ring (bicyclic) bond motifs is 3. The van der Waals surface area contributed by atoms with Crippen molar-refractivity contribution in [3.8, 4) is 0 Å². The Morgan fingerprint density at radius 2 is 1.65 bits per heavy atom. The number of hydrogen-bond donors (Lipinski definition) is 0. The highest BCUT2D eigenvalue weighted by molar-refractivity contribution is 6.04.